The SMILES string of the molecule is COc1ccc(CCNC(=O)[C@H](C)Sc2nnc(NCc3ccco3)s2)cc1. The van der Waals surface area contributed by atoms with Crippen LogP contribution in [0.5, 0.6) is 5.75 Å². The first-order valence-corrected chi connectivity index (χ1v) is 10.5. The van der Waals surface area contributed by atoms with Crippen LogP contribution in [-0.4, -0.2) is 35.0 Å². The van der Waals surface area contributed by atoms with E-state index in [0.717, 1.165) is 27.8 Å². The second-order valence-corrected chi connectivity index (χ2v) is 8.52. The van der Waals surface area contributed by atoms with Gasteiger partial charge in [0.05, 0.1) is 25.2 Å². The van der Waals surface area contributed by atoms with E-state index in [9.17, 15) is 4.79 Å². The Bertz CT molecular complexity index is 866. The van der Waals surface area contributed by atoms with Gasteiger partial charge in [-0.25, -0.2) is 0 Å². The van der Waals surface area contributed by atoms with Gasteiger partial charge in [0, 0.05) is 6.54 Å². The highest BCUT2D eigenvalue weighted by atomic mass is 32.2. The van der Waals surface area contributed by atoms with Crippen LogP contribution < -0.4 is 15.4 Å². The Morgan fingerprint density at radius 3 is 2.82 bits per heavy atom. The summed E-state index contributed by atoms with van der Waals surface area (Å²) in [5.74, 6) is 1.64. The Balaban J connectivity index is 1.39. The summed E-state index contributed by atoms with van der Waals surface area (Å²) in [5, 5.41) is 14.8. The molecule has 0 aliphatic carbocycles. The van der Waals surface area contributed by atoms with Crippen LogP contribution in [-0.2, 0) is 17.8 Å². The lowest BCUT2D eigenvalue weighted by atomic mass is 10.1. The Morgan fingerprint density at radius 2 is 2.11 bits per heavy atom. The van der Waals surface area contributed by atoms with E-state index in [1.807, 2.05) is 43.3 Å². The molecule has 148 valence electrons. The van der Waals surface area contributed by atoms with Crippen LogP contribution in [0.25, 0.3) is 0 Å². The summed E-state index contributed by atoms with van der Waals surface area (Å²) in [4.78, 5) is 12.3. The average Bonchev–Trinajstić information content (AvgIpc) is 3.38. The van der Waals surface area contributed by atoms with Gasteiger partial charge in [-0.05, 0) is 43.2 Å². The number of amides is 1. The molecule has 9 heteroatoms. The fraction of sp³-hybridized carbons (Fsp3) is 0.316. The van der Waals surface area contributed by atoms with Gasteiger partial charge in [0.15, 0.2) is 4.34 Å². The molecule has 0 saturated carbocycles. The van der Waals surface area contributed by atoms with Crippen LogP contribution in [0.1, 0.15) is 18.2 Å². The lowest BCUT2D eigenvalue weighted by Crippen LogP contribution is -2.32. The number of methoxy groups -OCH3 is 1. The minimum Gasteiger partial charge on any atom is -0.497 e. The molecular formula is C19H22N4O3S2. The quantitative estimate of drug-likeness (QED) is 0.486. The molecule has 28 heavy (non-hydrogen) atoms. The van der Waals surface area contributed by atoms with Crippen molar-refractivity contribution in [3.05, 3.63) is 54.0 Å². The molecule has 1 amide bonds. The molecule has 2 aromatic heterocycles. The number of hydrogen-bond acceptors (Lipinski definition) is 8. The molecule has 0 fully saturated rings. The average molecular weight is 419 g/mol. The number of furan rings is 1. The van der Waals surface area contributed by atoms with Crippen LogP contribution in [0.3, 0.4) is 0 Å². The van der Waals surface area contributed by atoms with E-state index in [-0.39, 0.29) is 11.2 Å². The molecule has 1 aromatic carbocycles. The van der Waals surface area contributed by atoms with Gasteiger partial charge in [-0.15, -0.1) is 10.2 Å². The third-order valence-corrected chi connectivity index (χ3v) is 5.98. The summed E-state index contributed by atoms with van der Waals surface area (Å²) in [6.07, 6.45) is 2.40. The number of carbonyl (C=O) groups excluding carboxylic acids is 1. The summed E-state index contributed by atoms with van der Waals surface area (Å²) < 4.78 is 11.2. The fourth-order valence-electron chi connectivity index (χ4n) is 2.38. The zero-order valence-electron chi connectivity index (χ0n) is 15.7. The smallest absolute Gasteiger partial charge is 0.233 e. The standard InChI is InChI=1S/C19H22N4O3S2/c1-13(17(24)20-10-9-14-5-7-15(25-2)8-6-14)27-19-23-22-18(28-19)21-12-16-4-3-11-26-16/h3-8,11,13H,9-10,12H2,1-2H3,(H,20,24)(H,21,22)/t13-/m0/s1. The van der Waals surface area contributed by atoms with Crippen molar-refractivity contribution in [3.8, 4) is 5.75 Å². The molecule has 1 atom stereocenters. The number of thioether (sulfide) groups is 1. The largest absolute Gasteiger partial charge is 0.497 e. The lowest BCUT2D eigenvalue weighted by molar-refractivity contribution is -0.120. The second kappa shape index (κ2) is 10.1. The van der Waals surface area contributed by atoms with Crippen molar-refractivity contribution in [1.29, 1.82) is 0 Å². The maximum absolute atomic E-state index is 12.3. The highest BCUT2D eigenvalue weighted by Crippen LogP contribution is 2.29. The third kappa shape index (κ3) is 6.00. The van der Waals surface area contributed by atoms with E-state index in [4.69, 9.17) is 9.15 Å². The molecular weight excluding hydrogens is 396 g/mol. The number of nitrogens with one attached hydrogen (secondary N) is 2. The van der Waals surface area contributed by atoms with Gasteiger partial charge in [-0.2, -0.15) is 0 Å². The zero-order chi connectivity index (χ0) is 19.8. The van der Waals surface area contributed by atoms with Crippen molar-refractivity contribution < 1.29 is 13.9 Å². The van der Waals surface area contributed by atoms with E-state index >= 15 is 0 Å². The summed E-state index contributed by atoms with van der Waals surface area (Å²) in [6, 6.07) is 11.6. The summed E-state index contributed by atoms with van der Waals surface area (Å²) >= 11 is 2.82. The van der Waals surface area contributed by atoms with Crippen molar-refractivity contribution in [2.45, 2.75) is 29.5 Å². The molecule has 0 aliphatic heterocycles. The summed E-state index contributed by atoms with van der Waals surface area (Å²) in [7, 11) is 1.64. The van der Waals surface area contributed by atoms with Crippen molar-refractivity contribution >= 4 is 34.1 Å². The van der Waals surface area contributed by atoms with E-state index < -0.39 is 0 Å². The predicted molar refractivity (Wildman–Crippen MR) is 111 cm³/mol. The Hall–Kier alpha value is -2.52. The maximum Gasteiger partial charge on any atom is 0.233 e. The molecule has 0 bridgehead atoms. The monoisotopic (exact) mass is 418 g/mol. The number of rotatable bonds is 10. The molecule has 0 saturated heterocycles. The minimum absolute atomic E-state index is 0.0150. The van der Waals surface area contributed by atoms with Crippen LogP contribution >= 0.6 is 23.1 Å². The van der Waals surface area contributed by atoms with Gasteiger partial charge in [-0.3, -0.25) is 4.79 Å². The van der Waals surface area contributed by atoms with Gasteiger partial charge in [0.2, 0.25) is 11.0 Å². The van der Waals surface area contributed by atoms with Crippen LogP contribution in [0, 0.1) is 0 Å². The first-order valence-electron chi connectivity index (χ1n) is 8.81. The van der Waals surface area contributed by atoms with Crippen LogP contribution in [0.4, 0.5) is 5.13 Å². The first kappa shape index (κ1) is 20.2. The van der Waals surface area contributed by atoms with E-state index in [2.05, 4.69) is 20.8 Å². The summed E-state index contributed by atoms with van der Waals surface area (Å²) in [6.45, 7) is 3.00. The molecule has 0 radical (unpaired) electrons. The number of hydrogen-bond donors (Lipinski definition) is 2. The number of aromatic nitrogens is 2. The van der Waals surface area contributed by atoms with Crippen molar-refractivity contribution in [2.75, 3.05) is 19.0 Å². The molecule has 3 aromatic rings. The highest BCUT2D eigenvalue weighted by molar-refractivity contribution is 8.02. The summed E-state index contributed by atoms with van der Waals surface area (Å²) in [5.41, 5.74) is 1.15. The van der Waals surface area contributed by atoms with E-state index in [0.29, 0.717) is 18.2 Å². The molecule has 2 N–H and O–H groups in total. The first-order chi connectivity index (χ1) is 13.6. The van der Waals surface area contributed by atoms with Crippen molar-refractivity contribution in [2.24, 2.45) is 0 Å². The lowest BCUT2D eigenvalue weighted by Gasteiger charge is -2.10. The molecule has 0 aliphatic rings. The van der Waals surface area contributed by atoms with Crippen LogP contribution in [0.2, 0.25) is 0 Å². The van der Waals surface area contributed by atoms with Gasteiger partial charge in [0.25, 0.3) is 0 Å². The van der Waals surface area contributed by atoms with Crippen LogP contribution in [0.15, 0.2) is 51.4 Å². The maximum atomic E-state index is 12.3. The fourth-order valence-corrected chi connectivity index (χ4v) is 4.29. The van der Waals surface area contributed by atoms with E-state index in [1.165, 1.54) is 23.1 Å². The Kier molecular flexibility index (Phi) is 7.32. The minimum atomic E-state index is -0.248. The van der Waals surface area contributed by atoms with Gasteiger partial charge >= 0.3 is 0 Å². The molecule has 0 unspecified atom stereocenters. The molecule has 0 spiro atoms. The number of carbonyl (C=O) groups is 1. The zero-order valence-corrected chi connectivity index (χ0v) is 17.3. The highest BCUT2D eigenvalue weighted by Gasteiger charge is 2.17. The van der Waals surface area contributed by atoms with Gasteiger partial charge in [0.1, 0.15) is 11.5 Å². The molecule has 2 heterocycles. The Morgan fingerprint density at radius 1 is 1.29 bits per heavy atom. The van der Waals surface area contributed by atoms with E-state index in [1.54, 1.807) is 13.4 Å². The molecule has 3 rings (SSSR count). The van der Waals surface area contributed by atoms with Crippen molar-refractivity contribution in [3.63, 3.8) is 0 Å². The van der Waals surface area contributed by atoms with Gasteiger partial charge in [-0.1, -0.05) is 35.2 Å². The van der Waals surface area contributed by atoms with Crippen molar-refractivity contribution in [1.82, 2.24) is 15.5 Å². The number of anilines is 1. The number of ether oxygens (including phenoxy) is 1. The third-order valence-electron chi connectivity index (χ3n) is 3.92. The molecule has 7 nitrogen and oxygen atoms in total. The normalized spacial score (nSPS) is 11.8. The Labute approximate surface area is 171 Å². The number of benzene rings is 1. The topological polar surface area (TPSA) is 89.3 Å². The number of nitrogens with zero attached hydrogens (tertiary/aromatic N) is 2. The predicted octanol–water partition coefficient (Wildman–Crippen LogP) is 3.59. The van der Waals surface area contributed by atoms with Gasteiger partial charge < -0.3 is 19.8 Å². The second-order valence-electron chi connectivity index (χ2n) is 5.96.